The van der Waals surface area contributed by atoms with E-state index < -0.39 is 16.4 Å². The lowest BCUT2D eigenvalue weighted by Gasteiger charge is -2.12. The standard InChI is InChI=1S/C20H16FN3O3/c21-17-11-10-15(12-19(17)24(26)27)22-13-20(25)23-18-9-5-4-8-16(18)14-6-2-1-3-7-14/h1-12,22H,13H2,(H,23,25). The van der Waals surface area contributed by atoms with Gasteiger partial charge in [0.2, 0.25) is 11.7 Å². The number of carbonyl (C=O) groups is 1. The molecule has 0 spiro atoms. The Morgan fingerprint density at radius 1 is 1.00 bits per heavy atom. The van der Waals surface area contributed by atoms with Crippen LogP contribution in [-0.2, 0) is 4.79 Å². The molecule has 0 aliphatic heterocycles. The third-order valence-electron chi connectivity index (χ3n) is 3.88. The van der Waals surface area contributed by atoms with Crippen LogP contribution in [-0.4, -0.2) is 17.4 Å². The molecule has 0 radical (unpaired) electrons. The van der Waals surface area contributed by atoms with Gasteiger partial charge in [0, 0.05) is 23.0 Å². The minimum absolute atomic E-state index is 0.119. The molecule has 0 atom stereocenters. The van der Waals surface area contributed by atoms with Crippen molar-refractivity contribution in [3.05, 3.63) is 88.7 Å². The topological polar surface area (TPSA) is 84.3 Å². The number of halogens is 1. The first-order valence-corrected chi connectivity index (χ1v) is 8.17. The van der Waals surface area contributed by atoms with Crippen molar-refractivity contribution in [2.45, 2.75) is 0 Å². The summed E-state index contributed by atoms with van der Waals surface area (Å²) in [5, 5.41) is 16.4. The highest BCUT2D eigenvalue weighted by Gasteiger charge is 2.15. The van der Waals surface area contributed by atoms with Crippen molar-refractivity contribution in [2.24, 2.45) is 0 Å². The zero-order valence-corrected chi connectivity index (χ0v) is 14.2. The first kappa shape index (κ1) is 18.1. The fourth-order valence-corrected chi connectivity index (χ4v) is 2.60. The van der Waals surface area contributed by atoms with Crippen molar-refractivity contribution in [1.29, 1.82) is 0 Å². The van der Waals surface area contributed by atoms with Crippen LogP contribution in [0.4, 0.5) is 21.5 Å². The van der Waals surface area contributed by atoms with Crippen molar-refractivity contribution < 1.29 is 14.1 Å². The monoisotopic (exact) mass is 365 g/mol. The number of nitro benzene ring substituents is 1. The van der Waals surface area contributed by atoms with Crippen LogP contribution in [0.5, 0.6) is 0 Å². The zero-order valence-electron chi connectivity index (χ0n) is 14.2. The van der Waals surface area contributed by atoms with Crippen molar-refractivity contribution >= 4 is 23.0 Å². The van der Waals surface area contributed by atoms with Gasteiger partial charge >= 0.3 is 5.69 Å². The summed E-state index contributed by atoms with van der Waals surface area (Å²) >= 11 is 0. The second-order valence-electron chi connectivity index (χ2n) is 5.74. The van der Waals surface area contributed by atoms with Gasteiger partial charge in [0.15, 0.2) is 0 Å². The van der Waals surface area contributed by atoms with Gasteiger partial charge in [0.1, 0.15) is 0 Å². The molecule has 136 valence electrons. The minimum Gasteiger partial charge on any atom is -0.376 e. The number of nitrogens with zero attached hydrogens (tertiary/aromatic N) is 1. The van der Waals surface area contributed by atoms with Gasteiger partial charge in [-0.3, -0.25) is 14.9 Å². The van der Waals surface area contributed by atoms with Gasteiger partial charge in [-0.05, 0) is 23.8 Å². The van der Waals surface area contributed by atoms with Gasteiger partial charge < -0.3 is 10.6 Å². The molecule has 2 N–H and O–H groups in total. The Kier molecular flexibility index (Phi) is 5.41. The molecule has 3 rings (SSSR count). The summed E-state index contributed by atoms with van der Waals surface area (Å²) in [4.78, 5) is 22.2. The predicted molar refractivity (Wildman–Crippen MR) is 102 cm³/mol. The summed E-state index contributed by atoms with van der Waals surface area (Å²) in [6, 6.07) is 20.4. The Morgan fingerprint density at radius 2 is 1.70 bits per heavy atom. The third-order valence-corrected chi connectivity index (χ3v) is 3.88. The number of anilines is 2. The highest BCUT2D eigenvalue weighted by Crippen LogP contribution is 2.27. The van der Waals surface area contributed by atoms with E-state index in [1.54, 1.807) is 6.07 Å². The summed E-state index contributed by atoms with van der Waals surface area (Å²) in [5.74, 6) is -1.25. The maximum atomic E-state index is 13.4. The molecule has 0 unspecified atom stereocenters. The van der Waals surface area contributed by atoms with E-state index in [1.807, 2.05) is 48.5 Å². The SMILES string of the molecule is O=C(CNc1ccc(F)c([N+](=O)[O-])c1)Nc1ccccc1-c1ccccc1. The average Bonchev–Trinajstić information content (AvgIpc) is 2.68. The number of nitro groups is 1. The molecule has 0 heterocycles. The van der Waals surface area contributed by atoms with Crippen molar-refractivity contribution in [2.75, 3.05) is 17.2 Å². The fourth-order valence-electron chi connectivity index (χ4n) is 2.60. The second kappa shape index (κ2) is 8.09. The number of carbonyl (C=O) groups excluding carboxylic acids is 1. The summed E-state index contributed by atoms with van der Waals surface area (Å²) < 4.78 is 13.4. The highest BCUT2D eigenvalue weighted by atomic mass is 19.1. The molecular formula is C20H16FN3O3. The zero-order chi connectivity index (χ0) is 19.2. The molecule has 0 saturated carbocycles. The molecule has 1 amide bonds. The van der Waals surface area contributed by atoms with Crippen LogP contribution in [0.15, 0.2) is 72.8 Å². The van der Waals surface area contributed by atoms with Crippen molar-refractivity contribution in [1.82, 2.24) is 0 Å². The Balaban J connectivity index is 1.69. The van der Waals surface area contributed by atoms with Crippen LogP contribution in [0.25, 0.3) is 11.1 Å². The summed E-state index contributed by atoms with van der Waals surface area (Å²) in [5.41, 5.74) is 2.14. The van der Waals surface area contributed by atoms with Gasteiger partial charge in [0.05, 0.1) is 11.5 Å². The van der Waals surface area contributed by atoms with Gasteiger partial charge in [-0.2, -0.15) is 4.39 Å². The molecule has 0 aliphatic carbocycles. The number of para-hydroxylation sites is 1. The first-order chi connectivity index (χ1) is 13.0. The van der Waals surface area contributed by atoms with Crippen LogP contribution in [0, 0.1) is 15.9 Å². The molecular weight excluding hydrogens is 349 g/mol. The van der Waals surface area contributed by atoms with Gasteiger partial charge in [-0.1, -0.05) is 48.5 Å². The molecule has 0 aliphatic rings. The number of rotatable bonds is 6. The van der Waals surface area contributed by atoms with Crippen LogP contribution >= 0.6 is 0 Å². The minimum atomic E-state index is -0.924. The fraction of sp³-hybridized carbons (Fsp3) is 0.0500. The van der Waals surface area contributed by atoms with E-state index in [0.29, 0.717) is 5.69 Å². The van der Waals surface area contributed by atoms with Crippen molar-refractivity contribution in [3.8, 4) is 11.1 Å². The van der Waals surface area contributed by atoms with E-state index in [9.17, 15) is 19.3 Å². The van der Waals surface area contributed by atoms with Crippen LogP contribution in [0.3, 0.4) is 0 Å². The Labute approximate surface area is 154 Å². The van der Waals surface area contributed by atoms with Gasteiger partial charge in [0.25, 0.3) is 0 Å². The van der Waals surface area contributed by atoms with Gasteiger partial charge in [-0.25, -0.2) is 0 Å². The maximum Gasteiger partial charge on any atom is 0.306 e. The van der Waals surface area contributed by atoms with Gasteiger partial charge in [-0.15, -0.1) is 0 Å². The largest absolute Gasteiger partial charge is 0.376 e. The lowest BCUT2D eigenvalue weighted by Crippen LogP contribution is -2.22. The second-order valence-corrected chi connectivity index (χ2v) is 5.74. The average molecular weight is 365 g/mol. The van der Waals surface area contributed by atoms with Crippen LogP contribution in [0.2, 0.25) is 0 Å². The molecule has 3 aromatic carbocycles. The molecule has 0 aromatic heterocycles. The number of hydrogen-bond donors (Lipinski definition) is 2. The molecule has 3 aromatic rings. The third kappa shape index (κ3) is 4.46. The van der Waals surface area contributed by atoms with E-state index in [1.165, 1.54) is 6.07 Å². The van der Waals surface area contributed by atoms with Crippen molar-refractivity contribution in [3.63, 3.8) is 0 Å². The molecule has 0 bridgehead atoms. The Morgan fingerprint density at radius 3 is 2.44 bits per heavy atom. The number of amides is 1. The predicted octanol–water partition coefficient (Wildman–Crippen LogP) is 4.45. The van der Waals surface area contributed by atoms with E-state index in [4.69, 9.17) is 0 Å². The summed E-state index contributed by atoms with van der Waals surface area (Å²) in [7, 11) is 0. The highest BCUT2D eigenvalue weighted by molar-refractivity contribution is 5.97. The molecule has 27 heavy (non-hydrogen) atoms. The lowest BCUT2D eigenvalue weighted by molar-refractivity contribution is -0.387. The van der Waals surface area contributed by atoms with Crippen LogP contribution < -0.4 is 10.6 Å². The first-order valence-electron chi connectivity index (χ1n) is 8.17. The maximum absolute atomic E-state index is 13.4. The molecule has 0 saturated heterocycles. The van der Waals surface area contributed by atoms with E-state index >= 15 is 0 Å². The van der Waals surface area contributed by atoms with Crippen LogP contribution in [0.1, 0.15) is 0 Å². The summed E-state index contributed by atoms with van der Waals surface area (Å²) in [6.45, 7) is -0.119. The molecule has 0 fully saturated rings. The van der Waals surface area contributed by atoms with E-state index in [0.717, 1.165) is 23.3 Å². The number of benzene rings is 3. The van der Waals surface area contributed by atoms with E-state index in [-0.39, 0.29) is 18.1 Å². The molecule has 7 heteroatoms. The normalized spacial score (nSPS) is 10.3. The Hall–Kier alpha value is -3.74. The quantitative estimate of drug-likeness (QED) is 0.499. The van der Waals surface area contributed by atoms with E-state index in [2.05, 4.69) is 10.6 Å². The number of hydrogen-bond acceptors (Lipinski definition) is 4. The Bertz CT molecular complexity index is 977. The summed E-state index contributed by atoms with van der Waals surface area (Å²) in [6.07, 6.45) is 0. The number of nitrogens with one attached hydrogen (secondary N) is 2. The lowest BCUT2D eigenvalue weighted by atomic mass is 10.0. The smallest absolute Gasteiger partial charge is 0.306 e. The molecule has 6 nitrogen and oxygen atoms in total.